The van der Waals surface area contributed by atoms with Gasteiger partial charge in [0.2, 0.25) is 0 Å². The number of halogens is 1. The summed E-state index contributed by atoms with van der Waals surface area (Å²) in [5.41, 5.74) is 1.00. The van der Waals surface area contributed by atoms with Crippen molar-refractivity contribution < 1.29 is 4.74 Å². The van der Waals surface area contributed by atoms with Crippen LogP contribution in [0.3, 0.4) is 0 Å². The van der Waals surface area contributed by atoms with E-state index in [2.05, 4.69) is 15.3 Å². The first kappa shape index (κ1) is 13.3. The standard InChI is InChI=1S/C12H19ClN2OS/c1-16-7-6-15(11-2-3-11)5-4-12-14-10(8-13)9-17-12/h9,11H,2-8H2,1H3. The molecule has 0 bridgehead atoms. The first-order valence-electron chi connectivity index (χ1n) is 6.05. The van der Waals surface area contributed by atoms with Crippen LogP contribution < -0.4 is 0 Å². The highest BCUT2D eigenvalue weighted by atomic mass is 35.5. The molecule has 0 saturated heterocycles. The largest absolute Gasteiger partial charge is 0.383 e. The van der Waals surface area contributed by atoms with Gasteiger partial charge in [-0.3, -0.25) is 4.90 Å². The van der Waals surface area contributed by atoms with Crippen LogP contribution in [-0.4, -0.2) is 42.7 Å². The van der Waals surface area contributed by atoms with Gasteiger partial charge in [0.1, 0.15) is 0 Å². The van der Waals surface area contributed by atoms with Gasteiger partial charge in [0.25, 0.3) is 0 Å². The highest BCUT2D eigenvalue weighted by molar-refractivity contribution is 7.09. The van der Waals surface area contributed by atoms with Gasteiger partial charge in [0.05, 0.1) is 23.2 Å². The molecule has 0 amide bonds. The van der Waals surface area contributed by atoms with Crippen LogP contribution in [0.5, 0.6) is 0 Å². The minimum Gasteiger partial charge on any atom is -0.383 e. The van der Waals surface area contributed by atoms with Crippen molar-refractivity contribution >= 4 is 22.9 Å². The number of nitrogens with zero attached hydrogens (tertiary/aromatic N) is 2. The van der Waals surface area contributed by atoms with Crippen molar-refractivity contribution in [1.29, 1.82) is 0 Å². The Morgan fingerprint density at radius 1 is 1.53 bits per heavy atom. The molecular weight excluding hydrogens is 256 g/mol. The van der Waals surface area contributed by atoms with Crippen molar-refractivity contribution in [2.45, 2.75) is 31.2 Å². The summed E-state index contributed by atoms with van der Waals surface area (Å²) >= 11 is 7.47. The van der Waals surface area contributed by atoms with E-state index in [-0.39, 0.29) is 0 Å². The molecule has 0 N–H and O–H groups in total. The summed E-state index contributed by atoms with van der Waals surface area (Å²) in [5.74, 6) is 0.520. The second-order valence-corrected chi connectivity index (χ2v) is 5.59. The number of hydrogen-bond acceptors (Lipinski definition) is 4. The first-order valence-corrected chi connectivity index (χ1v) is 7.47. The van der Waals surface area contributed by atoms with Gasteiger partial charge in [0, 0.05) is 38.0 Å². The summed E-state index contributed by atoms with van der Waals surface area (Å²) in [6, 6.07) is 0.789. The molecule has 17 heavy (non-hydrogen) atoms. The van der Waals surface area contributed by atoms with Gasteiger partial charge in [-0.15, -0.1) is 22.9 Å². The first-order chi connectivity index (χ1) is 8.33. The van der Waals surface area contributed by atoms with Crippen molar-refractivity contribution in [3.05, 3.63) is 16.1 Å². The van der Waals surface area contributed by atoms with E-state index in [1.165, 1.54) is 17.8 Å². The molecule has 0 aromatic carbocycles. The van der Waals surface area contributed by atoms with Crippen molar-refractivity contribution in [3.63, 3.8) is 0 Å². The second kappa shape index (κ2) is 6.69. The van der Waals surface area contributed by atoms with E-state index in [1.807, 2.05) is 0 Å². The molecule has 0 radical (unpaired) electrons. The van der Waals surface area contributed by atoms with Crippen molar-refractivity contribution in [2.24, 2.45) is 0 Å². The molecule has 2 rings (SSSR count). The molecule has 5 heteroatoms. The molecule has 1 heterocycles. The Morgan fingerprint density at radius 3 is 2.94 bits per heavy atom. The average Bonchev–Trinajstić information content (AvgIpc) is 3.08. The van der Waals surface area contributed by atoms with Gasteiger partial charge in [-0.25, -0.2) is 4.98 Å². The van der Waals surface area contributed by atoms with Gasteiger partial charge in [0.15, 0.2) is 0 Å². The summed E-state index contributed by atoms with van der Waals surface area (Å²) in [6.45, 7) is 2.94. The topological polar surface area (TPSA) is 25.4 Å². The monoisotopic (exact) mass is 274 g/mol. The van der Waals surface area contributed by atoms with Crippen LogP contribution in [0.25, 0.3) is 0 Å². The fraction of sp³-hybridized carbons (Fsp3) is 0.750. The number of aromatic nitrogens is 1. The molecule has 1 aromatic heterocycles. The molecule has 1 aromatic rings. The Bertz CT molecular complexity index is 341. The van der Waals surface area contributed by atoms with Gasteiger partial charge < -0.3 is 4.74 Å². The number of rotatable bonds is 8. The zero-order chi connectivity index (χ0) is 12.1. The Balaban J connectivity index is 1.77. The molecule has 0 aliphatic heterocycles. The normalized spacial score (nSPS) is 15.7. The van der Waals surface area contributed by atoms with E-state index in [0.717, 1.165) is 37.9 Å². The maximum atomic E-state index is 5.75. The summed E-state index contributed by atoms with van der Waals surface area (Å²) in [7, 11) is 1.76. The average molecular weight is 275 g/mol. The molecule has 96 valence electrons. The third-order valence-corrected chi connectivity index (χ3v) is 4.23. The van der Waals surface area contributed by atoms with Crippen molar-refractivity contribution in [2.75, 3.05) is 26.8 Å². The molecular formula is C12H19ClN2OS. The van der Waals surface area contributed by atoms with Crippen LogP contribution in [0.4, 0.5) is 0 Å². The number of thiazole rings is 1. The maximum absolute atomic E-state index is 5.75. The molecule has 1 saturated carbocycles. The highest BCUT2D eigenvalue weighted by Gasteiger charge is 2.28. The van der Waals surface area contributed by atoms with E-state index in [4.69, 9.17) is 16.3 Å². The van der Waals surface area contributed by atoms with Crippen molar-refractivity contribution in [3.8, 4) is 0 Å². The zero-order valence-electron chi connectivity index (χ0n) is 10.2. The minimum absolute atomic E-state index is 0.520. The SMILES string of the molecule is COCCN(CCc1nc(CCl)cs1)C1CC1. The minimum atomic E-state index is 0.520. The van der Waals surface area contributed by atoms with Crippen LogP contribution >= 0.6 is 22.9 Å². The molecule has 0 unspecified atom stereocenters. The number of methoxy groups -OCH3 is 1. The lowest BCUT2D eigenvalue weighted by Gasteiger charge is -2.20. The number of ether oxygens (including phenoxy) is 1. The Labute approximate surface area is 112 Å². The summed E-state index contributed by atoms with van der Waals surface area (Å²) < 4.78 is 5.15. The smallest absolute Gasteiger partial charge is 0.0941 e. The van der Waals surface area contributed by atoms with Crippen LogP contribution in [0.2, 0.25) is 0 Å². The maximum Gasteiger partial charge on any atom is 0.0941 e. The molecule has 3 nitrogen and oxygen atoms in total. The third kappa shape index (κ3) is 4.21. The van der Waals surface area contributed by atoms with Gasteiger partial charge >= 0.3 is 0 Å². The molecule has 1 aliphatic carbocycles. The quantitative estimate of drug-likeness (QED) is 0.681. The zero-order valence-corrected chi connectivity index (χ0v) is 11.8. The molecule has 1 aliphatic rings. The van der Waals surface area contributed by atoms with E-state index in [9.17, 15) is 0 Å². The van der Waals surface area contributed by atoms with E-state index < -0.39 is 0 Å². The highest BCUT2D eigenvalue weighted by Crippen LogP contribution is 2.26. The lowest BCUT2D eigenvalue weighted by Crippen LogP contribution is -2.31. The fourth-order valence-electron chi connectivity index (χ4n) is 1.89. The summed E-state index contributed by atoms with van der Waals surface area (Å²) in [5, 5.41) is 3.25. The van der Waals surface area contributed by atoms with Crippen molar-refractivity contribution in [1.82, 2.24) is 9.88 Å². The number of hydrogen-bond donors (Lipinski definition) is 0. The van der Waals surface area contributed by atoms with Gasteiger partial charge in [-0.1, -0.05) is 0 Å². The summed E-state index contributed by atoms with van der Waals surface area (Å²) in [6.07, 6.45) is 3.71. The van der Waals surface area contributed by atoms with E-state index in [1.54, 1.807) is 18.4 Å². The fourth-order valence-corrected chi connectivity index (χ4v) is 2.91. The Kier molecular flexibility index (Phi) is 5.22. The number of alkyl halides is 1. The van der Waals surface area contributed by atoms with Crippen LogP contribution in [0, 0.1) is 0 Å². The van der Waals surface area contributed by atoms with Crippen LogP contribution in [-0.2, 0) is 17.0 Å². The van der Waals surface area contributed by atoms with Gasteiger partial charge in [-0.05, 0) is 12.8 Å². The Hall–Kier alpha value is -0.160. The predicted molar refractivity (Wildman–Crippen MR) is 71.8 cm³/mol. The van der Waals surface area contributed by atoms with E-state index in [0.29, 0.717) is 5.88 Å². The van der Waals surface area contributed by atoms with Crippen LogP contribution in [0.15, 0.2) is 5.38 Å². The Morgan fingerprint density at radius 2 is 2.35 bits per heavy atom. The van der Waals surface area contributed by atoms with Crippen LogP contribution in [0.1, 0.15) is 23.5 Å². The molecule has 1 fully saturated rings. The second-order valence-electron chi connectivity index (χ2n) is 4.38. The predicted octanol–water partition coefficient (Wildman–Crippen LogP) is 2.54. The third-order valence-electron chi connectivity index (χ3n) is 3.00. The molecule has 0 atom stereocenters. The lowest BCUT2D eigenvalue weighted by atomic mass is 10.3. The van der Waals surface area contributed by atoms with E-state index >= 15 is 0 Å². The summed E-state index contributed by atoms with van der Waals surface area (Å²) in [4.78, 5) is 7.01. The molecule has 0 spiro atoms. The van der Waals surface area contributed by atoms with Gasteiger partial charge in [-0.2, -0.15) is 0 Å². The lowest BCUT2D eigenvalue weighted by molar-refractivity contribution is 0.144.